The van der Waals surface area contributed by atoms with Crippen LogP contribution in [0, 0.1) is 3.57 Å². The normalized spacial score (nSPS) is 10.2. The molecule has 0 aromatic heterocycles. The van der Waals surface area contributed by atoms with Crippen LogP contribution in [0.15, 0.2) is 42.5 Å². The molecular formula is C13H7Cl2IO2. The molecule has 0 heterocycles. The van der Waals surface area contributed by atoms with Gasteiger partial charge in [0.25, 0.3) is 0 Å². The van der Waals surface area contributed by atoms with Gasteiger partial charge in [-0.15, -0.1) is 0 Å². The van der Waals surface area contributed by atoms with Crippen LogP contribution in [0.3, 0.4) is 0 Å². The number of benzene rings is 2. The maximum absolute atomic E-state index is 12.0. The summed E-state index contributed by atoms with van der Waals surface area (Å²) >= 11 is 13.8. The van der Waals surface area contributed by atoms with Crippen LogP contribution in [0.25, 0.3) is 0 Å². The van der Waals surface area contributed by atoms with Crippen LogP contribution < -0.4 is 4.74 Å². The molecule has 0 fully saturated rings. The molecule has 0 bridgehead atoms. The van der Waals surface area contributed by atoms with E-state index in [2.05, 4.69) is 22.6 Å². The maximum atomic E-state index is 12.0. The van der Waals surface area contributed by atoms with Crippen LogP contribution in [0.4, 0.5) is 0 Å². The van der Waals surface area contributed by atoms with Gasteiger partial charge in [-0.3, -0.25) is 0 Å². The lowest BCUT2D eigenvalue weighted by atomic mass is 10.2. The van der Waals surface area contributed by atoms with E-state index < -0.39 is 5.97 Å². The van der Waals surface area contributed by atoms with Crippen molar-refractivity contribution in [1.82, 2.24) is 0 Å². The van der Waals surface area contributed by atoms with E-state index in [1.165, 1.54) is 6.07 Å². The Hall–Kier alpha value is -0.780. The molecule has 92 valence electrons. The van der Waals surface area contributed by atoms with Crippen molar-refractivity contribution >= 4 is 51.8 Å². The number of halogens is 3. The average molecular weight is 393 g/mol. The molecular weight excluding hydrogens is 386 g/mol. The Morgan fingerprint density at radius 2 is 1.83 bits per heavy atom. The highest BCUT2D eigenvalue weighted by Gasteiger charge is 2.13. The van der Waals surface area contributed by atoms with Gasteiger partial charge in [-0.05, 0) is 52.9 Å². The van der Waals surface area contributed by atoms with E-state index in [0.29, 0.717) is 21.4 Å². The van der Waals surface area contributed by atoms with Gasteiger partial charge in [-0.25, -0.2) is 4.79 Å². The number of esters is 1. The van der Waals surface area contributed by atoms with E-state index >= 15 is 0 Å². The van der Waals surface area contributed by atoms with Crippen molar-refractivity contribution in [1.29, 1.82) is 0 Å². The predicted octanol–water partition coefficient (Wildman–Crippen LogP) is 4.82. The molecule has 2 rings (SSSR count). The molecule has 0 aliphatic carbocycles. The van der Waals surface area contributed by atoms with Crippen LogP contribution >= 0.6 is 45.8 Å². The molecule has 18 heavy (non-hydrogen) atoms. The number of hydrogen-bond donors (Lipinski definition) is 0. The minimum Gasteiger partial charge on any atom is -0.421 e. The zero-order valence-corrected chi connectivity index (χ0v) is 12.7. The number of carbonyl (C=O) groups excluding carboxylic acids is 1. The van der Waals surface area contributed by atoms with Gasteiger partial charge in [0.15, 0.2) is 0 Å². The summed E-state index contributed by atoms with van der Waals surface area (Å²) in [7, 11) is 0. The van der Waals surface area contributed by atoms with Crippen molar-refractivity contribution in [2.75, 3.05) is 0 Å². The summed E-state index contributed by atoms with van der Waals surface area (Å²) in [4.78, 5) is 12.0. The highest BCUT2D eigenvalue weighted by Crippen LogP contribution is 2.28. The van der Waals surface area contributed by atoms with Gasteiger partial charge in [0.05, 0.1) is 10.6 Å². The molecule has 0 unspecified atom stereocenters. The van der Waals surface area contributed by atoms with Crippen molar-refractivity contribution < 1.29 is 9.53 Å². The molecule has 0 atom stereocenters. The minimum atomic E-state index is -0.441. The van der Waals surface area contributed by atoms with Crippen molar-refractivity contribution in [2.24, 2.45) is 0 Å². The first-order chi connectivity index (χ1) is 8.58. The molecule has 0 aliphatic rings. The summed E-state index contributed by atoms with van der Waals surface area (Å²) in [5.74, 6) is -0.144. The summed E-state index contributed by atoms with van der Waals surface area (Å²) in [6, 6.07) is 11.9. The van der Waals surface area contributed by atoms with Gasteiger partial charge in [-0.1, -0.05) is 35.3 Å². The molecule has 0 saturated carbocycles. The molecule has 2 nitrogen and oxygen atoms in total. The van der Waals surface area contributed by atoms with Gasteiger partial charge < -0.3 is 4.74 Å². The van der Waals surface area contributed by atoms with Crippen molar-refractivity contribution in [3.8, 4) is 5.75 Å². The largest absolute Gasteiger partial charge is 0.421 e. The first kappa shape index (κ1) is 13.6. The van der Waals surface area contributed by atoms with Crippen LogP contribution in [0.2, 0.25) is 10.0 Å². The molecule has 0 N–H and O–H groups in total. The van der Waals surface area contributed by atoms with Gasteiger partial charge >= 0.3 is 5.97 Å². The van der Waals surface area contributed by atoms with Crippen LogP contribution in [-0.4, -0.2) is 5.97 Å². The number of rotatable bonds is 2. The highest BCUT2D eigenvalue weighted by atomic mass is 127. The van der Waals surface area contributed by atoms with E-state index in [0.717, 1.165) is 3.57 Å². The monoisotopic (exact) mass is 392 g/mol. The standard InChI is InChI=1S/C13H7Cl2IO2/c14-8-5-6-12(10(15)7-8)18-13(17)9-3-1-2-4-11(9)16/h1-7H. The van der Waals surface area contributed by atoms with Crippen LogP contribution in [-0.2, 0) is 0 Å². The Morgan fingerprint density at radius 3 is 2.50 bits per heavy atom. The Bertz CT molecular complexity index is 599. The summed E-state index contributed by atoms with van der Waals surface area (Å²) in [5, 5.41) is 0.802. The lowest BCUT2D eigenvalue weighted by Crippen LogP contribution is -2.10. The fourth-order valence-corrected chi connectivity index (χ4v) is 2.39. The first-order valence-electron chi connectivity index (χ1n) is 4.99. The second-order valence-electron chi connectivity index (χ2n) is 3.44. The van der Waals surface area contributed by atoms with Crippen molar-refractivity contribution in [3.05, 3.63) is 61.6 Å². The summed E-state index contributed by atoms with van der Waals surface area (Å²) < 4.78 is 6.06. The molecule has 0 saturated heterocycles. The predicted molar refractivity (Wildman–Crippen MR) is 80.6 cm³/mol. The lowest BCUT2D eigenvalue weighted by molar-refractivity contribution is 0.0734. The molecule has 0 radical (unpaired) electrons. The Labute approximate surface area is 128 Å². The van der Waals surface area contributed by atoms with Gasteiger partial charge in [0, 0.05) is 8.59 Å². The third-order valence-corrected chi connectivity index (χ3v) is 3.66. The average Bonchev–Trinajstić information content (AvgIpc) is 2.33. The third kappa shape index (κ3) is 3.16. The summed E-state index contributed by atoms with van der Waals surface area (Å²) in [5.41, 5.74) is 0.504. The zero-order chi connectivity index (χ0) is 13.1. The van der Waals surface area contributed by atoms with Crippen molar-refractivity contribution in [3.63, 3.8) is 0 Å². The number of ether oxygens (including phenoxy) is 1. The summed E-state index contributed by atoms with van der Waals surface area (Å²) in [6.07, 6.45) is 0. The molecule has 2 aromatic rings. The molecule has 2 aromatic carbocycles. The fraction of sp³-hybridized carbons (Fsp3) is 0. The Balaban J connectivity index is 2.24. The van der Waals surface area contributed by atoms with E-state index in [4.69, 9.17) is 27.9 Å². The van der Waals surface area contributed by atoms with Crippen LogP contribution in [0.1, 0.15) is 10.4 Å². The Morgan fingerprint density at radius 1 is 1.11 bits per heavy atom. The number of hydrogen-bond acceptors (Lipinski definition) is 2. The molecule has 0 aliphatic heterocycles. The SMILES string of the molecule is O=C(Oc1ccc(Cl)cc1Cl)c1ccccc1I. The molecule has 5 heteroatoms. The highest BCUT2D eigenvalue weighted by molar-refractivity contribution is 14.1. The maximum Gasteiger partial charge on any atom is 0.344 e. The lowest BCUT2D eigenvalue weighted by Gasteiger charge is -2.07. The van der Waals surface area contributed by atoms with Gasteiger partial charge in [0.2, 0.25) is 0 Å². The van der Waals surface area contributed by atoms with Gasteiger partial charge in [-0.2, -0.15) is 0 Å². The van der Waals surface area contributed by atoms with E-state index in [1.54, 1.807) is 24.3 Å². The van der Waals surface area contributed by atoms with E-state index in [1.807, 2.05) is 12.1 Å². The molecule has 0 spiro atoms. The molecule has 0 amide bonds. The fourth-order valence-electron chi connectivity index (χ4n) is 1.34. The number of carbonyl (C=O) groups is 1. The Kier molecular flexibility index (Phi) is 4.48. The minimum absolute atomic E-state index is 0.297. The smallest absolute Gasteiger partial charge is 0.344 e. The third-order valence-electron chi connectivity index (χ3n) is 2.19. The second kappa shape index (κ2) is 5.91. The zero-order valence-electron chi connectivity index (χ0n) is 8.99. The topological polar surface area (TPSA) is 26.3 Å². The first-order valence-corrected chi connectivity index (χ1v) is 6.83. The van der Waals surface area contributed by atoms with Gasteiger partial charge in [0.1, 0.15) is 5.75 Å². The van der Waals surface area contributed by atoms with Crippen LogP contribution in [0.5, 0.6) is 5.75 Å². The van der Waals surface area contributed by atoms with E-state index in [9.17, 15) is 4.79 Å². The summed E-state index contributed by atoms with van der Waals surface area (Å²) in [6.45, 7) is 0. The second-order valence-corrected chi connectivity index (χ2v) is 5.45. The quantitative estimate of drug-likeness (QED) is 0.416. The van der Waals surface area contributed by atoms with E-state index in [-0.39, 0.29) is 0 Å². The van der Waals surface area contributed by atoms with Crippen molar-refractivity contribution in [2.45, 2.75) is 0 Å².